The van der Waals surface area contributed by atoms with Gasteiger partial charge in [-0.05, 0) is 36.1 Å². The molecule has 1 aromatic carbocycles. The van der Waals surface area contributed by atoms with Crippen molar-refractivity contribution in [2.75, 3.05) is 0 Å². The number of nitrogens with one attached hydrogen (secondary N) is 1. The third-order valence-corrected chi connectivity index (χ3v) is 3.15. The van der Waals surface area contributed by atoms with E-state index in [1.54, 1.807) is 32.9 Å². The van der Waals surface area contributed by atoms with E-state index in [2.05, 4.69) is 21.2 Å². The number of benzene rings is 1. The molecule has 1 rings (SSSR count). The minimum absolute atomic E-state index is 0.383. The van der Waals surface area contributed by atoms with Gasteiger partial charge in [0.2, 0.25) is 0 Å². The highest BCUT2D eigenvalue weighted by Gasteiger charge is 2.32. The van der Waals surface area contributed by atoms with Gasteiger partial charge in [-0.3, -0.25) is 4.79 Å². The predicted octanol–water partition coefficient (Wildman–Crippen LogP) is 2.99. The molecule has 1 aromatic rings. The second-order valence-electron chi connectivity index (χ2n) is 5.63. The fourth-order valence-electron chi connectivity index (χ4n) is 1.73. The Hall–Kier alpha value is -1.36. The van der Waals surface area contributed by atoms with E-state index in [0.717, 1.165) is 10.0 Å². The minimum Gasteiger partial charge on any atom is -0.480 e. The van der Waals surface area contributed by atoms with Crippen LogP contribution in [0.4, 0.5) is 0 Å². The predicted molar refractivity (Wildman–Crippen MR) is 77.2 cm³/mol. The van der Waals surface area contributed by atoms with E-state index in [-0.39, 0.29) is 5.91 Å². The fraction of sp³-hybridized carbons (Fsp3) is 0.429. The molecular weight excluding hydrogens is 310 g/mol. The Labute approximate surface area is 121 Å². The number of carbonyl (C=O) groups excluding carboxylic acids is 1. The summed E-state index contributed by atoms with van der Waals surface area (Å²) in [6.45, 7) is 7.20. The molecule has 0 saturated carbocycles. The number of hydrogen-bond acceptors (Lipinski definition) is 2. The molecule has 0 fully saturated rings. The molecule has 5 heteroatoms. The van der Waals surface area contributed by atoms with Gasteiger partial charge in [0.25, 0.3) is 5.91 Å². The summed E-state index contributed by atoms with van der Waals surface area (Å²) in [5.41, 5.74) is 0.826. The molecule has 0 aliphatic rings. The van der Waals surface area contributed by atoms with Crippen LogP contribution < -0.4 is 5.32 Å². The van der Waals surface area contributed by atoms with Crippen molar-refractivity contribution in [3.8, 4) is 0 Å². The number of carboxylic acids is 1. The Kier molecular flexibility index (Phi) is 4.74. The highest BCUT2D eigenvalue weighted by Crippen LogP contribution is 2.21. The maximum absolute atomic E-state index is 12.1. The standard InChI is InChI=1S/C14H18BrNO3/c1-8-5-9(7-10(15)6-8)12(17)16-11(13(18)19)14(2,3)4/h5-7,11H,1-4H3,(H,16,17)(H,18,19)/t11-/m1/s1. The van der Waals surface area contributed by atoms with Crippen LogP contribution in [0, 0.1) is 12.3 Å². The lowest BCUT2D eigenvalue weighted by Gasteiger charge is -2.27. The monoisotopic (exact) mass is 327 g/mol. The van der Waals surface area contributed by atoms with Crippen molar-refractivity contribution in [2.24, 2.45) is 5.41 Å². The van der Waals surface area contributed by atoms with Gasteiger partial charge in [0.05, 0.1) is 0 Å². The SMILES string of the molecule is Cc1cc(Br)cc(C(=O)N[C@H](C(=O)O)C(C)(C)C)c1. The number of amides is 1. The molecule has 104 valence electrons. The smallest absolute Gasteiger partial charge is 0.326 e. The van der Waals surface area contributed by atoms with E-state index in [1.807, 2.05) is 13.0 Å². The third-order valence-electron chi connectivity index (χ3n) is 2.69. The summed E-state index contributed by atoms with van der Waals surface area (Å²) in [5.74, 6) is -1.42. The lowest BCUT2D eigenvalue weighted by molar-refractivity contribution is -0.142. The molecule has 0 spiro atoms. The van der Waals surface area contributed by atoms with Crippen molar-refractivity contribution in [3.63, 3.8) is 0 Å². The second-order valence-corrected chi connectivity index (χ2v) is 6.54. The summed E-state index contributed by atoms with van der Waals surface area (Å²) in [4.78, 5) is 23.3. The molecule has 0 saturated heterocycles. The van der Waals surface area contributed by atoms with Crippen LogP contribution in [0.3, 0.4) is 0 Å². The summed E-state index contributed by atoms with van der Waals surface area (Å²) >= 11 is 3.32. The number of aryl methyl sites for hydroxylation is 1. The molecular formula is C14H18BrNO3. The summed E-state index contributed by atoms with van der Waals surface area (Å²) < 4.78 is 0.792. The lowest BCUT2D eigenvalue weighted by Crippen LogP contribution is -2.49. The van der Waals surface area contributed by atoms with E-state index >= 15 is 0 Å². The molecule has 2 N–H and O–H groups in total. The summed E-state index contributed by atoms with van der Waals surface area (Å²) in [6, 6.07) is 4.35. The van der Waals surface area contributed by atoms with Crippen LogP contribution in [0.15, 0.2) is 22.7 Å². The summed E-state index contributed by atoms with van der Waals surface area (Å²) in [6.07, 6.45) is 0. The maximum Gasteiger partial charge on any atom is 0.326 e. The van der Waals surface area contributed by atoms with Crippen LogP contribution >= 0.6 is 15.9 Å². The van der Waals surface area contributed by atoms with Crippen molar-refractivity contribution in [3.05, 3.63) is 33.8 Å². The van der Waals surface area contributed by atoms with Crippen molar-refractivity contribution in [2.45, 2.75) is 33.7 Å². The van der Waals surface area contributed by atoms with E-state index in [1.165, 1.54) is 0 Å². The normalized spacial score (nSPS) is 12.9. The first-order valence-electron chi connectivity index (χ1n) is 5.92. The Morgan fingerprint density at radius 1 is 1.26 bits per heavy atom. The van der Waals surface area contributed by atoms with Gasteiger partial charge in [-0.15, -0.1) is 0 Å². The van der Waals surface area contributed by atoms with Crippen LogP contribution in [0.5, 0.6) is 0 Å². The first kappa shape index (κ1) is 15.7. The van der Waals surface area contributed by atoms with Gasteiger partial charge in [0.15, 0.2) is 0 Å². The van der Waals surface area contributed by atoms with Crippen LogP contribution in [0.2, 0.25) is 0 Å². The molecule has 0 heterocycles. The van der Waals surface area contributed by atoms with Crippen LogP contribution in [0.1, 0.15) is 36.7 Å². The van der Waals surface area contributed by atoms with Crippen LogP contribution in [-0.4, -0.2) is 23.0 Å². The fourth-order valence-corrected chi connectivity index (χ4v) is 2.34. The Morgan fingerprint density at radius 3 is 2.26 bits per heavy atom. The summed E-state index contributed by atoms with van der Waals surface area (Å²) in [7, 11) is 0. The molecule has 0 aromatic heterocycles. The highest BCUT2D eigenvalue weighted by molar-refractivity contribution is 9.10. The molecule has 19 heavy (non-hydrogen) atoms. The topological polar surface area (TPSA) is 66.4 Å². The van der Waals surface area contributed by atoms with E-state index in [0.29, 0.717) is 5.56 Å². The van der Waals surface area contributed by atoms with Crippen molar-refractivity contribution in [1.82, 2.24) is 5.32 Å². The highest BCUT2D eigenvalue weighted by atomic mass is 79.9. The Bertz CT molecular complexity index is 486. The van der Waals surface area contributed by atoms with Gasteiger partial charge in [-0.1, -0.05) is 36.7 Å². The van der Waals surface area contributed by atoms with Gasteiger partial charge in [0, 0.05) is 10.0 Å². The van der Waals surface area contributed by atoms with E-state index in [9.17, 15) is 14.7 Å². The molecule has 0 bridgehead atoms. The van der Waals surface area contributed by atoms with Gasteiger partial charge in [-0.25, -0.2) is 4.79 Å². The summed E-state index contributed by atoms with van der Waals surface area (Å²) in [5, 5.41) is 11.8. The maximum atomic E-state index is 12.1. The number of rotatable bonds is 3. The Morgan fingerprint density at radius 2 is 1.84 bits per heavy atom. The molecule has 4 nitrogen and oxygen atoms in total. The van der Waals surface area contributed by atoms with Gasteiger partial charge in [-0.2, -0.15) is 0 Å². The zero-order chi connectivity index (χ0) is 14.8. The zero-order valence-electron chi connectivity index (χ0n) is 11.5. The number of halogens is 1. The number of carboxylic acid groups (broad SMARTS) is 1. The average Bonchev–Trinajstić information content (AvgIpc) is 2.21. The Balaban J connectivity index is 2.97. The van der Waals surface area contributed by atoms with Crippen molar-refractivity contribution < 1.29 is 14.7 Å². The van der Waals surface area contributed by atoms with Gasteiger partial charge >= 0.3 is 5.97 Å². The minimum atomic E-state index is -1.03. The average molecular weight is 328 g/mol. The van der Waals surface area contributed by atoms with Crippen molar-refractivity contribution >= 4 is 27.8 Å². The first-order valence-corrected chi connectivity index (χ1v) is 6.71. The number of aliphatic carboxylic acids is 1. The molecule has 0 radical (unpaired) electrons. The zero-order valence-corrected chi connectivity index (χ0v) is 13.0. The van der Waals surface area contributed by atoms with Crippen molar-refractivity contribution in [1.29, 1.82) is 0 Å². The number of hydrogen-bond donors (Lipinski definition) is 2. The van der Waals surface area contributed by atoms with Crippen LogP contribution in [-0.2, 0) is 4.79 Å². The first-order chi connectivity index (χ1) is 8.61. The largest absolute Gasteiger partial charge is 0.480 e. The molecule has 0 unspecified atom stereocenters. The molecule has 0 aliphatic heterocycles. The molecule has 1 atom stereocenters. The van der Waals surface area contributed by atoms with E-state index in [4.69, 9.17) is 0 Å². The quantitative estimate of drug-likeness (QED) is 0.896. The number of carbonyl (C=O) groups is 2. The van der Waals surface area contributed by atoms with Gasteiger partial charge < -0.3 is 10.4 Å². The molecule has 0 aliphatic carbocycles. The van der Waals surface area contributed by atoms with E-state index < -0.39 is 17.4 Å². The third kappa shape index (κ3) is 4.35. The lowest BCUT2D eigenvalue weighted by atomic mass is 9.86. The van der Waals surface area contributed by atoms with Gasteiger partial charge in [0.1, 0.15) is 6.04 Å². The molecule has 1 amide bonds. The second kappa shape index (κ2) is 5.74. The van der Waals surface area contributed by atoms with Crippen LogP contribution in [0.25, 0.3) is 0 Å².